The number of carbonyl (C=O) groups excluding carboxylic acids is 1. The molecular formula is C20H24N2O4S. The molecule has 144 valence electrons. The molecule has 0 heterocycles. The Kier molecular flexibility index (Phi) is 7.55. The standard InChI is InChI=1S/C20H24N2O4S/c1-3-26-20(23)11-7-10-19(17-8-5-4-6-9-17)21-22-27(24,25)18-14-12-16(2)13-15-18/h4-6,8-9,12-15,22H,3,7,10-11H2,1-2H3. The third-order valence-corrected chi connectivity index (χ3v) is 5.06. The Hall–Kier alpha value is -2.67. The molecule has 0 aliphatic heterocycles. The van der Waals surface area contributed by atoms with Gasteiger partial charge in [-0.3, -0.25) is 4.79 Å². The maximum absolute atomic E-state index is 12.5. The number of esters is 1. The maximum atomic E-state index is 12.5. The summed E-state index contributed by atoms with van der Waals surface area (Å²) in [7, 11) is -3.76. The van der Waals surface area contributed by atoms with E-state index in [9.17, 15) is 13.2 Å². The average Bonchev–Trinajstić information content (AvgIpc) is 2.66. The predicted octanol–water partition coefficient (Wildman–Crippen LogP) is 3.41. The molecule has 0 aliphatic carbocycles. The van der Waals surface area contributed by atoms with Gasteiger partial charge in [0.05, 0.1) is 17.2 Å². The summed E-state index contributed by atoms with van der Waals surface area (Å²) in [6, 6.07) is 15.8. The summed E-state index contributed by atoms with van der Waals surface area (Å²) in [5.41, 5.74) is 2.34. The molecule has 0 atom stereocenters. The number of hydrogen-bond donors (Lipinski definition) is 1. The van der Waals surface area contributed by atoms with Gasteiger partial charge in [0, 0.05) is 6.42 Å². The predicted molar refractivity (Wildman–Crippen MR) is 105 cm³/mol. The number of hydrogen-bond acceptors (Lipinski definition) is 5. The Morgan fingerprint density at radius 2 is 1.70 bits per heavy atom. The highest BCUT2D eigenvalue weighted by Crippen LogP contribution is 2.12. The van der Waals surface area contributed by atoms with Crippen LogP contribution >= 0.6 is 0 Å². The number of benzene rings is 2. The first-order chi connectivity index (χ1) is 12.9. The number of carbonyl (C=O) groups is 1. The van der Waals surface area contributed by atoms with Crippen molar-refractivity contribution in [2.75, 3.05) is 6.61 Å². The summed E-state index contributed by atoms with van der Waals surface area (Å²) in [6.07, 6.45) is 1.21. The second kappa shape index (κ2) is 9.87. The molecule has 0 unspecified atom stereocenters. The van der Waals surface area contributed by atoms with E-state index in [2.05, 4.69) is 9.93 Å². The molecule has 0 bridgehead atoms. The Bertz CT molecular complexity index is 876. The summed E-state index contributed by atoms with van der Waals surface area (Å²) < 4.78 is 29.8. The molecular weight excluding hydrogens is 364 g/mol. The van der Waals surface area contributed by atoms with Crippen LogP contribution in [0.2, 0.25) is 0 Å². The first kappa shape index (κ1) is 20.6. The van der Waals surface area contributed by atoms with Gasteiger partial charge in [-0.1, -0.05) is 48.0 Å². The Morgan fingerprint density at radius 1 is 1.04 bits per heavy atom. The van der Waals surface area contributed by atoms with Crippen molar-refractivity contribution in [1.82, 2.24) is 4.83 Å². The van der Waals surface area contributed by atoms with E-state index in [4.69, 9.17) is 4.74 Å². The zero-order valence-corrected chi connectivity index (χ0v) is 16.3. The third-order valence-electron chi connectivity index (χ3n) is 3.84. The topological polar surface area (TPSA) is 84.8 Å². The van der Waals surface area contributed by atoms with E-state index < -0.39 is 10.0 Å². The van der Waals surface area contributed by atoms with E-state index in [0.717, 1.165) is 11.1 Å². The maximum Gasteiger partial charge on any atom is 0.305 e. The largest absolute Gasteiger partial charge is 0.466 e. The van der Waals surface area contributed by atoms with Crippen LogP contribution in [0.25, 0.3) is 0 Å². The summed E-state index contributed by atoms with van der Waals surface area (Å²) in [6.45, 7) is 3.99. The monoisotopic (exact) mass is 388 g/mol. The normalized spacial score (nSPS) is 11.9. The number of nitrogens with one attached hydrogen (secondary N) is 1. The zero-order valence-electron chi connectivity index (χ0n) is 15.5. The molecule has 0 spiro atoms. The van der Waals surface area contributed by atoms with E-state index in [-0.39, 0.29) is 17.3 Å². The first-order valence-corrected chi connectivity index (χ1v) is 10.3. The van der Waals surface area contributed by atoms with Gasteiger partial charge in [-0.2, -0.15) is 18.4 Å². The number of aryl methyl sites for hydroxylation is 1. The van der Waals surface area contributed by atoms with Crippen LogP contribution < -0.4 is 4.83 Å². The van der Waals surface area contributed by atoms with E-state index in [1.165, 1.54) is 12.1 Å². The van der Waals surface area contributed by atoms with E-state index in [1.54, 1.807) is 19.1 Å². The Balaban J connectivity index is 2.14. The molecule has 2 aromatic carbocycles. The van der Waals surface area contributed by atoms with Crippen molar-refractivity contribution in [3.8, 4) is 0 Å². The third kappa shape index (κ3) is 6.53. The van der Waals surface area contributed by atoms with Gasteiger partial charge in [0.15, 0.2) is 0 Å². The fraction of sp³-hybridized carbons (Fsp3) is 0.300. The van der Waals surface area contributed by atoms with Gasteiger partial charge in [-0.05, 0) is 44.4 Å². The van der Waals surface area contributed by atoms with Gasteiger partial charge in [-0.15, -0.1) is 0 Å². The van der Waals surface area contributed by atoms with Crippen molar-refractivity contribution in [2.45, 2.75) is 38.0 Å². The summed E-state index contributed by atoms with van der Waals surface area (Å²) >= 11 is 0. The molecule has 6 nitrogen and oxygen atoms in total. The van der Waals surface area contributed by atoms with Gasteiger partial charge in [0.2, 0.25) is 0 Å². The van der Waals surface area contributed by atoms with E-state index in [0.29, 0.717) is 25.2 Å². The molecule has 0 radical (unpaired) electrons. The molecule has 0 aliphatic rings. The lowest BCUT2D eigenvalue weighted by Crippen LogP contribution is -2.21. The molecule has 1 N–H and O–H groups in total. The summed E-state index contributed by atoms with van der Waals surface area (Å²) in [4.78, 5) is 14.0. The minimum absolute atomic E-state index is 0.149. The highest BCUT2D eigenvalue weighted by Gasteiger charge is 2.14. The summed E-state index contributed by atoms with van der Waals surface area (Å²) in [5.74, 6) is -0.273. The van der Waals surface area contributed by atoms with Crippen LogP contribution in [0.5, 0.6) is 0 Å². The fourth-order valence-electron chi connectivity index (χ4n) is 2.41. The quantitative estimate of drug-likeness (QED) is 0.405. The lowest BCUT2D eigenvalue weighted by atomic mass is 10.0. The second-order valence-electron chi connectivity index (χ2n) is 5.99. The number of rotatable bonds is 9. The van der Waals surface area contributed by atoms with Crippen LogP contribution in [-0.2, 0) is 19.6 Å². The number of nitrogens with zero attached hydrogens (tertiary/aromatic N) is 1. The second-order valence-corrected chi connectivity index (χ2v) is 7.65. The Morgan fingerprint density at radius 3 is 2.33 bits per heavy atom. The lowest BCUT2D eigenvalue weighted by Gasteiger charge is -2.09. The molecule has 2 aromatic rings. The Labute approximate surface area is 160 Å². The minimum atomic E-state index is -3.76. The van der Waals surface area contributed by atoms with Crippen molar-refractivity contribution in [2.24, 2.45) is 5.10 Å². The van der Waals surface area contributed by atoms with Crippen molar-refractivity contribution in [3.63, 3.8) is 0 Å². The molecule has 0 aromatic heterocycles. The van der Waals surface area contributed by atoms with Gasteiger partial charge in [0.25, 0.3) is 10.0 Å². The molecule has 7 heteroatoms. The molecule has 0 fully saturated rings. The van der Waals surface area contributed by atoms with Gasteiger partial charge >= 0.3 is 5.97 Å². The number of hydrazone groups is 1. The highest BCUT2D eigenvalue weighted by atomic mass is 32.2. The zero-order chi connectivity index (χ0) is 19.7. The SMILES string of the molecule is CCOC(=O)CCCC(=NNS(=O)(=O)c1ccc(C)cc1)c1ccccc1. The van der Waals surface area contributed by atoms with Crippen LogP contribution in [0.4, 0.5) is 0 Å². The number of sulfonamides is 1. The van der Waals surface area contributed by atoms with Crippen LogP contribution in [0.3, 0.4) is 0 Å². The first-order valence-electron chi connectivity index (χ1n) is 8.78. The average molecular weight is 388 g/mol. The van der Waals surface area contributed by atoms with Crippen molar-refractivity contribution >= 4 is 21.7 Å². The van der Waals surface area contributed by atoms with Gasteiger partial charge < -0.3 is 4.74 Å². The minimum Gasteiger partial charge on any atom is -0.466 e. The molecule has 27 heavy (non-hydrogen) atoms. The molecule has 0 saturated carbocycles. The van der Waals surface area contributed by atoms with Gasteiger partial charge in [-0.25, -0.2) is 0 Å². The van der Waals surface area contributed by atoms with Crippen LogP contribution in [0.15, 0.2) is 64.6 Å². The van der Waals surface area contributed by atoms with Crippen LogP contribution in [0, 0.1) is 6.92 Å². The van der Waals surface area contributed by atoms with E-state index >= 15 is 0 Å². The molecule has 0 amide bonds. The van der Waals surface area contributed by atoms with Crippen molar-refractivity contribution < 1.29 is 17.9 Å². The van der Waals surface area contributed by atoms with Crippen molar-refractivity contribution in [1.29, 1.82) is 0 Å². The molecule has 0 saturated heterocycles. The van der Waals surface area contributed by atoms with Crippen LogP contribution in [0.1, 0.15) is 37.3 Å². The number of ether oxygens (including phenoxy) is 1. The fourth-order valence-corrected chi connectivity index (χ4v) is 3.24. The van der Waals surface area contributed by atoms with Crippen LogP contribution in [-0.4, -0.2) is 26.7 Å². The highest BCUT2D eigenvalue weighted by molar-refractivity contribution is 7.89. The van der Waals surface area contributed by atoms with E-state index in [1.807, 2.05) is 37.3 Å². The lowest BCUT2D eigenvalue weighted by molar-refractivity contribution is -0.143. The van der Waals surface area contributed by atoms with Gasteiger partial charge in [0.1, 0.15) is 0 Å². The smallest absolute Gasteiger partial charge is 0.305 e. The molecule has 2 rings (SSSR count). The summed E-state index contributed by atoms with van der Waals surface area (Å²) in [5, 5.41) is 4.13. The van der Waals surface area contributed by atoms with Crippen molar-refractivity contribution in [3.05, 3.63) is 65.7 Å².